The minimum atomic E-state index is -0.245. The highest BCUT2D eigenvalue weighted by Gasteiger charge is 2.24. The van der Waals surface area contributed by atoms with Crippen LogP contribution in [-0.4, -0.2) is 46.7 Å². The van der Waals surface area contributed by atoms with Crippen LogP contribution in [0.5, 0.6) is 11.5 Å². The van der Waals surface area contributed by atoms with Crippen LogP contribution in [0, 0.1) is 6.92 Å². The van der Waals surface area contributed by atoms with E-state index in [0.717, 1.165) is 11.3 Å². The molecule has 0 spiro atoms. The van der Waals surface area contributed by atoms with Gasteiger partial charge >= 0.3 is 0 Å². The summed E-state index contributed by atoms with van der Waals surface area (Å²) in [4.78, 5) is 31.2. The van der Waals surface area contributed by atoms with Crippen molar-refractivity contribution in [3.63, 3.8) is 0 Å². The number of carbonyl (C=O) groups is 1. The molecule has 2 heterocycles. The quantitative estimate of drug-likeness (QED) is 0.681. The van der Waals surface area contributed by atoms with Gasteiger partial charge in [0.2, 0.25) is 0 Å². The van der Waals surface area contributed by atoms with Crippen molar-refractivity contribution in [1.82, 2.24) is 14.5 Å². The second-order valence-corrected chi connectivity index (χ2v) is 7.13. The topological polar surface area (TPSA) is 73.7 Å². The summed E-state index contributed by atoms with van der Waals surface area (Å²) in [6, 6.07) is 12.8. The molecule has 0 fully saturated rings. The summed E-state index contributed by atoms with van der Waals surface area (Å²) >= 11 is 0. The largest absolute Gasteiger partial charge is 0.486 e. The molecule has 7 heteroatoms. The third-order valence-electron chi connectivity index (χ3n) is 5.06. The Balaban J connectivity index is 1.54. The van der Waals surface area contributed by atoms with Crippen molar-refractivity contribution in [3.05, 3.63) is 64.1 Å². The Morgan fingerprint density at radius 1 is 1.24 bits per heavy atom. The lowest BCUT2D eigenvalue weighted by atomic mass is 10.1. The van der Waals surface area contributed by atoms with Crippen LogP contribution in [0.1, 0.15) is 23.0 Å². The van der Waals surface area contributed by atoms with E-state index in [-0.39, 0.29) is 17.6 Å². The van der Waals surface area contributed by atoms with E-state index in [1.807, 2.05) is 31.2 Å². The number of likely N-dealkylation sites (N-methyl/N-ethyl adjacent to an activating group) is 1. The Hall–Kier alpha value is -3.35. The molecule has 0 saturated carbocycles. The molecular weight excluding hydrogens is 370 g/mol. The number of nitrogens with zero attached hydrogens (tertiary/aromatic N) is 3. The first-order chi connectivity index (χ1) is 14.0. The van der Waals surface area contributed by atoms with Crippen molar-refractivity contribution in [3.8, 4) is 11.5 Å². The number of aromatic nitrogens is 2. The van der Waals surface area contributed by atoms with Crippen molar-refractivity contribution in [1.29, 1.82) is 0 Å². The molecule has 0 aliphatic carbocycles. The molecule has 1 aromatic heterocycles. The van der Waals surface area contributed by atoms with E-state index in [1.54, 1.807) is 41.6 Å². The monoisotopic (exact) mass is 393 g/mol. The average molecular weight is 393 g/mol. The standard InChI is InChI=1S/C22H23N3O4/c1-4-25-18-10-9-15(11-17(18)23-14(2)21(25)26)22(27)24(3)12-16-13-28-19-7-5-6-8-20(19)29-16/h5-11,16H,4,12-13H2,1-3H3. The third kappa shape index (κ3) is 3.55. The van der Waals surface area contributed by atoms with Crippen molar-refractivity contribution in [2.24, 2.45) is 0 Å². The lowest BCUT2D eigenvalue weighted by Crippen LogP contribution is -2.41. The first-order valence-electron chi connectivity index (χ1n) is 9.63. The van der Waals surface area contributed by atoms with Gasteiger partial charge in [0.25, 0.3) is 11.5 Å². The summed E-state index contributed by atoms with van der Waals surface area (Å²) in [6.45, 7) is 4.93. The summed E-state index contributed by atoms with van der Waals surface area (Å²) in [5, 5.41) is 0. The predicted octanol–water partition coefficient (Wildman–Crippen LogP) is 2.64. The van der Waals surface area contributed by atoms with Gasteiger partial charge in [-0.2, -0.15) is 0 Å². The predicted molar refractivity (Wildman–Crippen MR) is 110 cm³/mol. The van der Waals surface area contributed by atoms with Crippen LogP contribution in [0.3, 0.4) is 0 Å². The van der Waals surface area contributed by atoms with Gasteiger partial charge in [-0.15, -0.1) is 0 Å². The Morgan fingerprint density at radius 3 is 2.76 bits per heavy atom. The van der Waals surface area contributed by atoms with E-state index >= 15 is 0 Å². The molecular formula is C22H23N3O4. The first-order valence-corrected chi connectivity index (χ1v) is 9.63. The Kier molecular flexibility index (Phi) is 4.96. The minimum absolute atomic E-state index is 0.106. The number of amides is 1. The Morgan fingerprint density at radius 2 is 2.00 bits per heavy atom. The molecule has 1 amide bonds. The number of para-hydroxylation sites is 2. The van der Waals surface area contributed by atoms with Crippen molar-refractivity contribution >= 4 is 16.9 Å². The molecule has 0 N–H and O–H groups in total. The first kappa shape index (κ1) is 19.0. The van der Waals surface area contributed by atoms with Gasteiger partial charge in [-0.3, -0.25) is 9.59 Å². The van der Waals surface area contributed by atoms with Gasteiger partial charge in [0.05, 0.1) is 17.6 Å². The summed E-state index contributed by atoms with van der Waals surface area (Å²) in [5.74, 6) is 1.27. The molecule has 0 saturated heterocycles. The number of carbonyl (C=O) groups excluding carboxylic acids is 1. The molecule has 1 aliphatic rings. The number of rotatable bonds is 4. The van der Waals surface area contributed by atoms with E-state index in [9.17, 15) is 9.59 Å². The number of hydrogen-bond donors (Lipinski definition) is 0. The molecule has 7 nitrogen and oxygen atoms in total. The molecule has 4 rings (SSSR count). The molecule has 0 bridgehead atoms. The second-order valence-electron chi connectivity index (χ2n) is 7.13. The molecule has 0 radical (unpaired) electrons. The fraction of sp³-hybridized carbons (Fsp3) is 0.318. The van der Waals surface area contributed by atoms with Crippen LogP contribution < -0.4 is 15.0 Å². The maximum Gasteiger partial charge on any atom is 0.272 e. The van der Waals surface area contributed by atoms with Gasteiger partial charge in [0, 0.05) is 19.2 Å². The molecule has 3 aromatic rings. The van der Waals surface area contributed by atoms with Crippen LogP contribution in [0.2, 0.25) is 0 Å². The van der Waals surface area contributed by atoms with E-state index in [0.29, 0.717) is 42.2 Å². The highest BCUT2D eigenvalue weighted by molar-refractivity contribution is 5.97. The van der Waals surface area contributed by atoms with Gasteiger partial charge in [-0.25, -0.2) is 4.98 Å². The third-order valence-corrected chi connectivity index (χ3v) is 5.06. The lowest BCUT2D eigenvalue weighted by Gasteiger charge is -2.29. The van der Waals surface area contributed by atoms with Gasteiger partial charge in [0.1, 0.15) is 12.3 Å². The van der Waals surface area contributed by atoms with Crippen molar-refractivity contribution < 1.29 is 14.3 Å². The maximum atomic E-state index is 12.9. The molecule has 29 heavy (non-hydrogen) atoms. The van der Waals surface area contributed by atoms with Crippen LogP contribution in [-0.2, 0) is 6.54 Å². The van der Waals surface area contributed by atoms with Crippen LogP contribution >= 0.6 is 0 Å². The zero-order valence-electron chi connectivity index (χ0n) is 16.7. The fourth-order valence-electron chi connectivity index (χ4n) is 3.58. The molecule has 1 unspecified atom stereocenters. The van der Waals surface area contributed by atoms with Crippen LogP contribution in [0.25, 0.3) is 11.0 Å². The summed E-state index contributed by atoms with van der Waals surface area (Å²) in [6.07, 6.45) is -0.245. The van der Waals surface area contributed by atoms with Crippen molar-refractivity contribution in [2.45, 2.75) is 26.5 Å². The molecule has 2 aromatic carbocycles. The second kappa shape index (κ2) is 7.58. The Labute approximate surface area is 168 Å². The maximum absolute atomic E-state index is 12.9. The summed E-state index contributed by atoms with van der Waals surface area (Å²) in [5.41, 5.74) is 2.19. The smallest absolute Gasteiger partial charge is 0.272 e. The van der Waals surface area contributed by atoms with Gasteiger partial charge in [-0.1, -0.05) is 12.1 Å². The zero-order chi connectivity index (χ0) is 20.5. The van der Waals surface area contributed by atoms with E-state index < -0.39 is 0 Å². The number of ether oxygens (including phenoxy) is 2. The van der Waals surface area contributed by atoms with E-state index in [1.165, 1.54) is 0 Å². The number of aryl methyl sites for hydroxylation is 2. The van der Waals surface area contributed by atoms with E-state index in [4.69, 9.17) is 9.47 Å². The highest BCUT2D eigenvalue weighted by Crippen LogP contribution is 2.31. The van der Waals surface area contributed by atoms with Gasteiger partial charge in [0.15, 0.2) is 17.6 Å². The SMILES string of the molecule is CCn1c(=O)c(C)nc2cc(C(=O)N(C)CC3COc4ccccc4O3)ccc21. The number of hydrogen-bond acceptors (Lipinski definition) is 5. The van der Waals surface area contributed by atoms with Gasteiger partial charge in [-0.05, 0) is 44.2 Å². The minimum Gasteiger partial charge on any atom is -0.486 e. The zero-order valence-corrected chi connectivity index (χ0v) is 16.7. The highest BCUT2D eigenvalue weighted by atomic mass is 16.6. The van der Waals surface area contributed by atoms with Crippen LogP contribution in [0.15, 0.2) is 47.3 Å². The summed E-state index contributed by atoms with van der Waals surface area (Å²) in [7, 11) is 1.74. The van der Waals surface area contributed by atoms with Crippen LogP contribution in [0.4, 0.5) is 0 Å². The summed E-state index contributed by atoms with van der Waals surface area (Å²) < 4.78 is 13.3. The van der Waals surface area contributed by atoms with E-state index in [2.05, 4.69) is 4.98 Å². The molecule has 150 valence electrons. The number of fused-ring (bicyclic) bond motifs is 2. The molecule has 1 atom stereocenters. The van der Waals surface area contributed by atoms with Crippen molar-refractivity contribution in [2.75, 3.05) is 20.2 Å². The fourth-order valence-corrected chi connectivity index (χ4v) is 3.58. The average Bonchev–Trinajstić information content (AvgIpc) is 2.73. The molecule has 1 aliphatic heterocycles. The number of benzene rings is 2. The lowest BCUT2D eigenvalue weighted by molar-refractivity contribution is 0.0521. The normalized spacial score (nSPS) is 15.3. The van der Waals surface area contributed by atoms with Gasteiger partial charge < -0.3 is 18.9 Å². The Bertz CT molecular complexity index is 1140.